The van der Waals surface area contributed by atoms with Crippen LogP contribution in [0.4, 0.5) is 13.2 Å². The molecule has 0 spiro atoms. The van der Waals surface area contributed by atoms with Crippen molar-refractivity contribution in [2.24, 2.45) is 5.73 Å². The molecule has 0 aliphatic rings. The summed E-state index contributed by atoms with van der Waals surface area (Å²) in [5.41, 5.74) is 5.28. The third-order valence-electron chi connectivity index (χ3n) is 3.46. The number of halogens is 5. The molecule has 32 heavy (non-hydrogen) atoms. The Balaban J connectivity index is 0.000000336. The number of hydrogen-bond donors (Lipinski definition) is 2. The number of benzene rings is 2. The molecule has 0 saturated heterocycles. The molecule has 3 rings (SSSR count). The van der Waals surface area contributed by atoms with Gasteiger partial charge in [0.2, 0.25) is 0 Å². The van der Waals surface area contributed by atoms with Crippen molar-refractivity contribution in [3.63, 3.8) is 0 Å². The van der Waals surface area contributed by atoms with Gasteiger partial charge in [-0.1, -0.05) is 29.3 Å². The van der Waals surface area contributed by atoms with E-state index in [1.54, 1.807) is 12.1 Å². The molecule has 12 heteroatoms. The van der Waals surface area contributed by atoms with Crippen LogP contribution in [0.2, 0.25) is 10.0 Å². The number of carbonyl (C=O) groups is 2. The summed E-state index contributed by atoms with van der Waals surface area (Å²) in [6.07, 6.45) is -3.34. The van der Waals surface area contributed by atoms with Gasteiger partial charge in [0.05, 0.1) is 15.6 Å². The number of primary amides is 1. The number of ether oxygens (including phenoxy) is 2. The van der Waals surface area contributed by atoms with Crippen LogP contribution >= 0.6 is 23.2 Å². The van der Waals surface area contributed by atoms with Gasteiger partial charge in [-0.15, -0.1) is 13.2 Å². The number of pyridine rings is 1. The highest BCUT2D eigenvalue weighted by atomic mass is 35.5. The molecule has 1 amide bonds. The predicted molar refractivity (Wildman–Crippen MR) is 109 cm³/mol. The first-order valence-electron chi connectivity index (χ1n) is 8.43. The Kier molecular flexibility index (Phi) is 8.27. The maximum atomic E-state index is 12.1. The first kappa shape index (κ1) is 24.8. The highest BCUT2D eigenvalue weighted by molar-refractivity contribution is 6.42. The van der Waals surface area contributed by atoms with Gasteiger partial charge in [-0.05, 0) is 42.5 Å². The van der Waals surface area contributed by atoms with Gasteiger partial charge in [-0.25, -0.2) is 9.78 Å². The fraction of sp³-hybridized carbons (Fsp3) is 0.0500. The summed E-state index contributed by atoms with van der Waals surface area (Å²) in [5, 5.41) is 8.56. The molecule has 3 N–H and O–H groups in total. The first-order chi connectivity index (χ1) is 15.0. The lowest BCUT2D eigenvalue weighted by Gasteiger charge is -2.12. The van der Waals surface area contributed by atoms with Crippen LogP contribution in [-0.2, 0) is 0 Å². The van der Waals surface area contributed by atoms with E-state index in [4.69, 9.17) is 38.8 Å². The van der Waals surface area contributed by atoms with Crippen LogP contribution in [0.3, 0.4) is 0 Å². The molecule has 168 valence electrons. The third kappa shape index (κ3) is 7.64. The zero-order chi connectivity index (χ0) is 23.9. The van der Waals surface area contributed by atoms with Crippen molar-refractivity contribution in [2.75, 3.05) is 0 Å². The Labute approximate surface area is 189 Å². The van der Waals surface area contributed by atoms with Crippen LogP contribution in [0.1, 0.15) is 20.8 Å². The molecule has 0 saturated carbocycles. The number of carbonyl (C=O) groups excluding carboxylic acids is 1. The zero-order valence-corrected chi connectivity index (χ0v) is 17.3. The number of amides is 1. The summed E-state index contributed by atoms with van der Waals surface area (Å²) in [4.78, 5) is 25.1. The molecule has 0 unspecified atom stereocenters. The number of nitrogens with zero attached hydrogens (tertiary/aromatic N) is 1. The van der Waals surface area contributed by atoms with Gasteiger partial charge in [0.15, 0.2) is 0 Å². The number of hydrogen-bond acceptors (Lipinski definition) is 5. The second-order valence-corrected chi connectivity index (χ2v) is 6.58. The van der Waals surface area contributed by atoms with Crippen LogP contribution in [-0.4, -0.2) is 28.3 Å². The summed E-state index contributed by atoms with van der Waals surface area (Å²) < 4.78 is 45.4. The molecule has 0 aliphatic heterocycles. The molecule has 0 radical (unpaired) electrons. The maximum Gasteiger partial charge on any atom is 0.573 e. The topological polar surface area (TPSA) is 112 Å². The Morgan fingerprint density at radius 2 is 1.56 bits per heavy atom. The van der Waals surface area contributed by atoms with E-state index >= 15 is 0 Å². The lowest BCUT2D eigenvalue weighted by atomic mass is 10.2. The molecule has 7 nitrogen and oxygen atoms in total. The number of alkyl halides is 3. The minimum Gasteiger partial charge on any atom is -0.477 e. The molecule has 3 aromatic rings. The Bertz CT molecular complexity index is 1090. The molecule has 1 aromatic heterocycles. The van der Waals surface area contributed by atoms with Gasteiger partial charge in [-0.2, -0.15) is 0 Å². The number of aromatic carboxylic acids is 1. The highest BCUT2D eigenvalue weighted by Gasteiger charge is 2.31. The van der Waals surface area contributed by atoms with Gasteiger partial charge in [-0.3, -0.25) is 4.79 Å². The monoisotopic (exact) mass is 488 g/mol. The first-order valence-corrected chi connectivity index (χ1v) is 9.18. The third-order valence-corrected chi connectivity index (χ3v) is 4.18. The van der Waals surface area contributed by atoms with Crippen LogP contribution < -0.4 is 15.2 Å². The molecular formula is C20H13Cl2F3N2O5. The van der Waals surface area contributed by atoms with E-state index in [-0.39, 0.29) is 32.8 Å². The van der Waals surface area contributed by atoms with Crippen molar-refractivity contribution in [1.29, 1.82) is 0 Å². The van der Waals surface area contributed by atoms with E-state index in [1.807, 2.05) is 0 Å². The number of nitrogens with two attached hydrogens (primary N) is 1. The standard InChI is InChI=1S/C14H8Cl2F3NO3.C6H5NO2/c15-10-5-9(13(20)21)12(6-11(10)16)22-7-1-3-8(4-2-7)23-14(17,18)19;8-6(9)5-3-1-2-4-7-5/h1-6H,(H2,20,21);1-4H,(H,8,9). The van der Waals surface area contributed by atoms with Gasteiger partial charge in [0.1, 0.15) is 22.9 Å². The molecule has 1 heterocycles. The quantitative estimate of drug-likeness (QED) is 0.485. The van der Waals surface area contributed by atoms with Gasteiger partial charge >= 0.3 is 12.3 Å². The van der Waals surface area contributed by atoms with Crippen molar-refractivity contribution in [3.05, 3.63) is 82.1 Å². The maximum absolute atomic E-state index is 12.1. The molecule has 2 aromatic carbocycles. The van der Waals surface area contributed by atoms with Crippen LogP contribution in [0.25, 0.3) is 0 Å². The largest absolute Gasteiger partial charge is 0.573 e. The normalized spacial score (nSPS) is 10.5. The SMILES string of the molecule is NC(=O)c1cc(Cl)c(Cl)cc1Oc1ccc(OC(F)(F)F)cc1.O=C(O)c1ccccn1. The Morgan fingerprint density at radius 1 is 0.969 bits per heavy atom. The summed E-state index contributed by atoms with van der Waals surface area (Å²) in [7, 11) is 0. The lowest BCUT2D eigenvalue weighted by molar-refractivity contribution is -0.274. The molecule has 0 fully saturated rings. The smallest absolute Gasteiger partial charge is 0.477 e. The summed E-state index contributed by atoms with van der Waals surface area (Å²) in [5.74, 6) is -2.02. The van der Waals surface area contributed by atoms with Crippen molar-refractivity contribution in [2.45, 2.75) is 6.36 Å². The Hall–Kier alpha value is -3.50. The van der Waals surface area contributed by atoms with Gasteiger partial charge in [0.25, 0.3) is 5.91 Å². The fourth-order valence-corrected chi connectivity index (χ4v) is 2.45. The summed E-state index contributed by atoms with van der Waals surface area (Å²) in [6, 6.07) is 11.9. The fourth-order valence-electron chi connectivity index (χ4n) is 2.13. The average Bonchev–Trinajstić information content (AvgIpc) is 2.72. The van der Waals surface area contributed by atoms with Crippen LogP contribution in [0, 0.1) is 0 Å². The van der Waals surface area contributed by atoms with Crippen LogP contribution in [0.5, 0.6) is 17.2 Å². The Morgan fingerprint density at radius 3 is 2.03 bits per heavy atom. The number of carboxylic acids is 1. The second-order valence-electron chi connectivity index (χ2n) is 5.77. The minimum absolute atomic E-state index is 0.0185. The highest BCUT2D eigenvalue weighted by Crippen LogP contribution is 2.34. The van der Waals surface area contributed by atoms with Gasteiger partial charge < -0.3 is 20.3 Å². The van der Waals surface area contributed by atoms with E-state index in [2.05, 4.69) is 9.72 Å². The average molecular weight is 489 g/mol. The van der Waals surface area contributed by atoms with E-state index in [0.29, 0.717) is 0 Å². The van der Waals surface area contributed by atoms with E-state index < -0.39 is 24.0 Å². The van der Waals surface area contributed by atoms with E-state index in [0.717, 1.165) is 12.1 Å². The molecule has 0 bridgehead atoms. The van der Waals surface area contributed by atoms with Crippen LogP contribution in [0.15, 0.2) is 60.8 Å². The minimum atomic E-state index is -4.79. The van der Waals surface area contributed by atoms with Crippen molar-refractivity contribution in [1.82, 2.24) is 4.98 Å². The number of rotatable bonds is 5. The van der Waals surface area contributed by atoms with Crippen molar-refractivity contribution < 1.29 is 37.3 Å². The predicted octanol–water partition coefficient (Wildman–Crippen LogP) is 5.56. The number of carboxylic acid groups (broad SMARTS) is 1. The molecule has 0 atom stereocenters. The van der Waals surface area contributed by atoms with E-state index in [9.17, 15) is 22.8 Å². The lowest BCUT2D eigenvalue weighted by Crippen LogP contribution is -2.16. The molecular weight excluding hydrogens is 476 g/mol. The summed E-state index contributed by atoms with van der Waals surface area (Å²) in [6.45, 7) is 0. The number of aromatic nitrogens is 1. The van der Waals surface area contributed by atoms with Crippen molar-refractivity contribution in [3.8, 4) is 17.2 Å². The summed E-state index contributed by atoms with van der Waals surface area (Å²) >= 11 is 11.6. The molecule has 0 aliphatic carbocycles. The second kappa shape index (κ2) is 10.7. The van der Waals surface area contributed by atoms with Gasteiger partial charge in [0, 0.05) is 12.3 Å². The zero-order valence-electron chi connectivity index (χ0n) is 15.8. The van der Waals surface area contributed by atoms with E-state index in [1.165, 1.54) is 36.5 Å². The van der Waals surface area contributed by atoms with Crippen molar-refractivity contribution >= 4 is 35.1 Å².